The Bertz CT molecular complexity index is 1110. The molecule has 10 nitrogen and oxygen atoms in total. The van der Waals surface area contributed by atoms with Crippen LogP contribution in [-0.4, -0.2) is 69.3 Å². The first kappa shape index (κ1) is 23.6. The van der Waals surface area contributed by atoms with Gasteiger partial charge in [0.05, 0.1) is 24.4 Å². The molecule has 35 heavy (non-hydrogen) atoms. The number of ether oxygens (including phenoxy) is 2. The van der Waals surface area contributed by atoms with Crippen LogP contribution in [0.15, 0.2) is 30.3 Å². The Morgan fingerprint density at radius 1 is 1.34 bits per heavy atom. The van der Waals surface area contributed by atoms with Gasteiger partial charge in [-0.3, -0.25) is 10.4 Å². The van der Waals surface area contributed by atoms with E-state index in [-0.39, 0.29) is 43.1 Å². The molecule has 188 valence electrons. The van der Waals surface area contributed by atoms with Gasteiger partial charge in [-0.25, -0.2) is 14.0 Å². The number of urea groups is 1. The lowest BCUT2D eigenvalue weighted by Gasteiger charge is -2.23. The van der Waals surface area contributed by atoms with Gasteiger partial charge in [0.25, 0.3) is 0 Å². The number of benzene rings is 1. The van der Waals surface area contributed by atoms with E-state index in [0.717, 1.165) is 12.8 Å². The Labute approximate surface area is 202 Å². The summed E-state index contributed by atoms with van der Waals surface area (Å²) in [6, 6.07) is 7.61. The first-order valence-corrected chi connectivity index (χ1v) is 11.9. The number of nitrogens with zero attached hydrogens (tertiary/aromatic N) is 2. The largest absolute Gasteiger partial charge is 0.444 e. The number of anilines is 1. The van der Waals surface area contributed by atoms with Gasteiger partial charge in [-0.05, 0) is 37.8 Å². The lowest BCUT2D eigenvalue weighted by Crippen LogP contribution is -2.39. The molecule has 0 bridgehead atoms. The highest BCUT2D eigenvalue weighted by atomic mass is 19.1. The number of carbonyl (C=O) groups is 2. The van der Waals surface area contributed by atoms with Crippen LogP contribution < -0.4 is 10.6 Å². The average molecular weight is 488 g/mol. The topological polar surface area (TPSA) is 129 Å². The van der Waals surface area contributed by atoms with Gasteiger partial charge in [0, 0.05) is 31.0 Å². The molecule has 1 aromatic carbocycles. The van der Waals surface area contributed by atoms with Gasteiger partial charge in [0.1, 0.15) is 18.0 Å². The van der Waals surface area contributed by atoms with Crippen molar-refractivity contribution in [2.24, 2.45) is 0 Å². The van der Waals surface area contributed by atoms with Crippen LogP contribution in [0, 0.1) is 5.82 Å². The van der Waals surface area contributed by atoms with Crippen molar-refractivity contribution in [2.45, 2.75) is 62.4 Å². The minimum absolute atomic E-state index is 0.0936. The van der Waals surface area contributed by atoms with Gasteiger partial charge in [-0.15, -0.1) is 0 Å². The van der Waals surface area contributed by atoms with Gasteiger partial charge in [0.15, 0.2) is 5.82 Å². The molecule has 0 radical (unpaired) electrons. The summed E-state index contributed by atoms with van der Waals surface area (Å²) < 4.78 is 25.2. The summed E-state index contributed by atoms with van der Waals surface area (Å²) >= 11 is 0. The maximum absolute atomic E-state index is 14.0. The molecule has 0 unspecified atom stereocenters. The number of halogens is 1. The van der Waals surface area contributed by atoms with E-state index in [1.54, 1.807) is 24.3 Å². The van der Waals surface area contributed by atoms with Crippen LogP contribution in [0.4, 0.5) is 19.8 Å². The maximum atomic E-state index is 14.0. The summed E-state index contributed by atoms with van der Waals surface area (Å²) in [5.74, 6) is -0.0469. The number of hydrogen-bond acceptors (Lipinski definition) is 6. The Morgan fingerprint density at radius 2 is 2.14 bits per heavy atom. The lowest BCUT2D eigenvalue weighted by atomic mass is 9.93. The molecule has 2 aliphatic heterocycles. The van der Waals surface area contributed by atoms with Gasteiger partial charge < -0.3 is 24.8 Å². The number of H-pyrrole nitrogens is 1. The SMILES string of the molecule is CC1(NC(=O)O[C@H]2CO[C@@H](c3cc(NC(=O)N4CC[C@](O)(Cc5ccccc5F)C4)n[nH]3)C2)CC1. The van der Waals surface area contributed by atoms with E-state index < -0.39 is 17.7 Å². The molecule has 3 amide bonds. The molecule has 3 heterocycles. The van der Waals surface area contributed by atoms with E-state index in [0.29, 0.717) is 36.5 Å². The van der Waals surface area contributed by atoms with Crippen molar-refractivity contribution in [3.8, 4) is 0 Å². The van der Waals surface area contributed by atoms with Crippen LogP contribution in [0.1, 0.15) is 50.0 Å². The highest BCUT2D eigenvalue weighted by molar-refractivity contribution is 5.88. The smallest absolute Gasteiger partial charge is 0.407 e. The molecule has 3 aliphatic rings. The van der Waals surface area contributed by atoms with Crippen LogP contribution in [-0.2, 0) is 15.9 Å². The number of amides is 3. The Kier molecular flexibility index (Phi) is 6.14. The van der Waals surface area contributed by atoms with Crippen molar-refractivity contribution in [3.63, 3.8) is 0 Å². The van der Waals surface area contributed by atoms with Crippen molar-refractivity contribution >= 4 is 17.9 Å². The van der Waals surface area contributed by atoms with Crippen LogP contribution >= 0.6 is 0 Å². The number of aromatic amines is 1. The average Bonchev–Trinajstić information content (AvgIpc) is 3.21. The number of alkyl carbamates (subject to hydrolysis) is 1. The maximum Gasteiger partial charge on any atom is 0.407 e. The van der Waals surface area contributed by atoms with Crippen molar-refractivity contribution in [1.29, 1.82) is 0 Å². The van der Waals surface area contributed by atoms with E-state index in [1.807, 2.05) is 6.92 Å². The third-order valence-electron chi connectivity index (χ3n) is 6.91. The zero-order chi connectivity index (χ0) is 24.6. The number of carbonyl (C=O) groups excluding carboxylic acids is 2. The standard InChI is InChI=1S/C24H30FN5O5/c1-23(6-7-23)27-22(32)35-16-10-19(34-13-16)18-11-20(29-28-18)26-21(31)30-9-8-24(33,14-30)12-15-4-2-3-5-17(15)25/h2-5,11,16,19,33H,6-10,12-14H2,1H3,(H,27,32)(H2,26,28,29,31)/t16-,19-,24+/m1/s1. The number of hydrogen-bond donors (Lipinski definition) is 4. The fourth-order valence-electron chi connectivity index (χ4n) is 4.56. The highest BCUT2D eigenvalue weighted by Gasteiger charge is 2.41. The first-order valence-electron chi connectivity index (χ1n) is 11.9. The third-order valence-corrected chi connectivity index (χ3v) is 6.91. The fraction of sp³-hybridized carbons (Fsp3) is 0.542. The minimum atomic E-state index is -1.19. The third kappa shape index (κ3) is 5.57. The molecular weight excluding hydrogens is 457 g/mol. The van der Waals surface area contributed by atoms with Crippen LogP contribution in [0.5, 0.6) is 0 Å². The van der Waals surface area contributed by atoms with Gasteiger partial charge in [-0.1, -0.05) is 18.2 Å². The highest BCUT2D eigenvalue weighted by Crippen LogP contribution is 2.35. The summed E-state index contributed by atoms with van der Waals surface area (Å²) in [5, 5.41) is 23.5. The van der Waals surface area contributed by atoms with E-state index >= 15 is 0 Å². The summed E-state index contributed by atoms with van der Waals surface area (Å²) in [5.41, 5.74) is -0.243. The summed E-state index contributed by atoms with van der Waals surface area (Å²) in [4.78, 5) is 26.2. The summed E-state index contributed by atoms with van der Waals surface area (Å²) in [7, 11) is 0. The molecule has 5 rings (SSSR count). The van der Waals surface area contributed by atoms with E-state index in [9.17, 15) is 19.1 Å². The quantitative estimate of drug-likeness (QED) is 0.496. The van der Waals surface area contributed by atoms with Crippen molar-refractivity contribution < 1.29 is 28.6 Å². The molecule has 2 saturated heterocycles. The molecule has 1 saturated carbocycles. The Hall–Kier alpha value is -3.18. The van der Waals surface area contributed by atoms with Crippen LogP contribution in [0.2, 0.25) is 0 Å². The second-order valence-electron chi connectivity index (χ2n) is 10.1. The van der Waals surface area contributed by atoms with Gasteiger partial charge >= 0.3 is 12.1 Å². The molecule has 0 spiro atoms. The Morgan fingerprint density at radius 3 is 2.91 bits per heavy atom. The predicted molar refractivity (Wildman–Crippen MR) is 123 cm³/mol. The summed E-state index contributed by atoms with van der Waals surface area (Å²) in [6.07, 6.45) is 1.75. The zero-order valence-electron chi connectivity index (χ0n) is 19.6. The number of aliphatic hydroxyl groups is 1. The lowest BCUT2D eigenvalue weighted by molar-refractivity contribution is 0.0525. The number of aromatic nitrogens is 2. The summed E-state index contributed by atoms with van der Waals surface area (Å²) in [6.45, 7) is 2.70. The van der Waals surface area contributed by atoms with E-state index in [2.05, 4.69) is 20.8 Å². The van der Waals surface area contributed by atoms with E-state index in [1.165, 1.54) is 11.0 Å². The molecule has 3 atom stereocenters. The zero-order valence-corrected chi connectivity index (χ0v) is 19.6. The number of likely N-dealkylation sites (tertiary alicyclic amines) is 1. The molecule has 3 fully saturated rings. The van der Waals surface area contributed by atoms with Gasteiger partial charge in [-0.2, -0.15) is 5.10 Å². The normalized spacial score (nSPS) is 27.0. The Balaban J connectivity index is 1.11. The predicted octanol–water partition coefficient (Wildman–Crippen LogP) is 2.87. The number of rotatable bonds is 6. The van der Waals surface area contributed by atoms with Crippen molar-refractivity contribution in [2.75, 3.05) is 25.0 Å². The first-order chi connectivity index (χ1) is 16.7. The molecule has 4 N–H and O–H groups in total. The van der Waals surface area contributed by atoms with Gasteiger partial charge in [0.2, 0.25) is 0 Å². The molecular formula is C24H30FN5O5. The van der Waals surface area contributed by atoms with Crippen LogP contribution in [0.25, 0.3) is 0 Å². The monoisotopic (exact) mass is 487 g/mol. The van der Waals surface area contributed by atoms with Crippen molar-refractivity contribution in [3.05, 3.63) is 47.4 Å². The molecule has 1 aliphatic carbocycles. The molecule has 2 aromatic rings. The van der Waals surface area contributed by atoms with E-state index in [4.69, 9.17) is 9.47 Å². The second-order valence-corrected chi connectivity index (χ2v) is 10.1. The van der Waals surface area contributed by atoms with Crippen LogP contribution in [0.3, 0.4) is 0 Å². The second kappa shape index (κ2) is 9.12. The fourth-order valence-corrected chi connectivity index (χ4v) is 4.56. The molecule has 1 aromatic heterocycles. The number of nitrogens with one attached hydrogen (secondary N) is 3. The number of β-amino-alcohol motifs (C(OH)–C–C–N with tert-alkyl or cyclic N) is 1. The van der Waals surface area contributed by atoms with Crippen molar-refractivity contribution in [1.82, 2.24) is 20.4 Å². The molecule has 11 heteroatoms. The minimum Gasteiger partial charge on any atom is -0.444 e.